The maximum Gasteiger partial charge on any atom is 0.321 e. The molecule has 3 rings (SSSR count). The Kier molecular flexibility index (Phi) is 3.88. The van der Waals surface area contributed by atoms with Gasteiger partial charge in [-0.3, -0.25) is 10.3 Å². The van der Waals surface area contributed by atoms with Crippen molar-refractivity contribution in [1.29, 1.82) is 0 Å². The fourth-order valence-electron chi connectivity index (χ4n) is 1.58. The zero-order chi connectivity index (χ0) is 14.5. The van der Waals surface area contributed by atoms with Crippen LogP contribution in [0, 0.1) is 0 Å². The Hall–Kier alpha value is -2.74. The molecule has 3 aromatic heterocycles. The van der Waals surface area contributed by atoms with E-state index >= 15 is 0 Å². The molecule has 0 aliphatic rings. The minimum Gasteiger partial charge on any atom is -0.472 e. The van der Waals surface area contributed by atoms with Gasteiger partial charge in [-0.1, -0.05) is 17.4 Å². The van der Waals surface area contributed by atoms with E-state index in [0.717, 1.165) is 11.3 Å². The Morgan fingerprint density at radius 1 is 1.29 bits per heavy atom. The fourth-order valence-corrected chi connectivity index (χ4v) is 2.30. The summed E-state index contributed by atoms with van der Waals surface area (Å²) in [6.45, 7) is 0.383. The molecular formula is C13H11N5O2S. The molecule has 0 radical (unpaired) electrons. The first-order valence-corrected chi connectivity index (χ1v) is 6.94. The van der Waals surface area contributed by atoms with Crippen LogP contribution in [0.1, 0.15) is 5.56 Å². The lowest BCUT2D eigenvalue weighted by molar-refractivity contribution is 0.251. The van der Waals surface area contributed by atoms with Crippen molar-refractivity contribution in [2.45, 2.75) is 6.54 Å². The van der Waals surface area contributed by atoms with Gasteiger partial charge in [0.25, 0.3) is 0 Å². The highest BCUT2D eigenvalue weighted by Gasteiger charge is 2.10. The second-order valence-corrected chi connectivity index (χ2v) is 5.04. The van der Waals surface area contributed by atoms with Crippen LogP contribution in [0.3, 0.4) is 0 Å². The number of furan rings is 1. The summed E-state index contributed by atoms with van der Waals surface area (Å²) < 4.78 is 4.92. The topological polar surface area (TPSA) is 92.9 Å². The molecule has 21 heavy (non-hydrogen) atoms. The zero-order valence-electron chi connectivity index (χ0n) is 10.8. The highest BCUT2D eigenvalue weighted by Crippen LogP contribution is 2.24. The summed E-state index contributed by atoms with van der Waals surface area (Å²) >= 11 is 1.26. The minimum atomic E-state index is -0.347. The van der Waals surface area contributed by atoms with Crippen LogP contribution in [0.5, 0.6) is 0 Å². The van der Waals surface area contributed by atoms with Gasteiger partial charge >= 0.3 is 6.03 Å². The molecular weight excluding hydrogens is 290 g/mol. The summed E-state index contributed by atoms with van der Waals surface area (Å²) in [6.07, 6.45) is 4.81. The quantitative estimate of drug-likeness (QED) is 0.772. The second kappa shape index (κ2) is 6.14. The van der Waals surface area contributed by atoms with E-state index in [4.69, 9.17) is 4.42 Å². The maximum absolute atomic E-state index is 11.7. The summed E-state index contributed by atoms with van der Waals surface area (Å²) in [5.74, 6) is 0. The highest BCUT2D eigenvalue weighted by atomic mass is 32.1. The molecule has 3 aromatic rings. The third kappa shape index (κ3) is 3.42. The zero-order valence-corrected chi connectivity index (χ0v) is 11.6. The molecule has 2 N–H and O–H groups in total. The van der Waals surface area contributed by atoms with E-state index in [2.05, 4.69) is 25.8 Å². The second-order valence-electron chi connectivity index (χ2n) is 4.07. The van der Waals surface area contributed by atoms with Crippen LogP contribution in [0.25, 0.3) is 10.7 Å². The molecule has 0 fully saturated rings. The fraction of sp³-hybridized carbons (Fsp3) is 0.0769. The van der Waals surface area contributed by atoms with Crippen LogP contribution in [0.15, 0.2) is 47.4 Å². The molecule has 8 heteroatoms. The predicted molar refractivity (Wildman–Crippen MR) is 77.7 cm³/mol. The van der Waals surface area contributed by atoms with Crippen LogP contribution < -0.4 is 10.6 Å². The average Bonchev–Trinajstić information content (AvgIpc) is 3.17. The van der Waals surface area contributed by atoms with Crippen LogP contribution in [0.4, 0.5) is 9.93 Å². The van der Waals surface area contributed by atoms with Crippen LogP contribution >= 0.6 is 11.3 Å². The number of aromatic nitrogens is 3. The first-order chi connectivity index (χ1) is 10.3. The number of amides is 2. The number of hydrogen-bond donors (Lipinski definition) is 2. The lowest BCUT2D eigenvalue weighted by Crippen LogP contribution is -2.27. The van der Waals surface area contributed by atoms with Crippen molar-refractivity contribution >= 4 is 22.5 Å². The SMILES string of the molecule is O=C(NCc1ccoc1)Nc1nnc(-c2ccccn2)s1. The number of rotatable bonds is 4. The Balaban J connectivity index is 1.58. The molecule has 0 saturated carbocycles. The van der Waals surface area contributed by atoms with Crippen molar-refractivity contribution in [1.82, 2.24) is 20.5 Å². The Labute approximate surface area is 124 Å². The number of hydrogen-bond acceptors (Lipinski definition) is 6. The third-order valence-corrected chi connectivity index (χ3v) is 3.42. The van der Waals surface area contributed by atoms with Crippen molar-refractivity contribution in [3.63, 3.8) is 0 Å². The molecule has 0 bridgehead atoms. The number of pyridine rings is 1. The van der Waals surface area contributed by atoms with Crippen molar-refractivity contribution < 1.29 is 9.21 Å². The molecule has 0 saturated heterocycles. The predicted octanol–water partition coefficient (Wildman–Crippen LogP) is 2.51. The van der Waals surface area contributed by atoms with Gasteiger partial charge in [-0.2, -0.15) is 0 Å². The van der Waals surface area contributed by atoms with Gasteiger partial charge in [0.1, 0.15) is 5.69 Å². The smallest absolute Gasteiger partial charge is 0.321 e. The minimum absolute atomic E-state index is 0.347. The molecule has 0 atom stereocenters. The summed E-state index contributed by atoms with van der Waals surface area (Å²) in [7, 11) is 0. The number of nitrogens with one attached hydrogen (secondary N) is 2. The van der Waals surface area contributed by atoms with Gasteiger partial charge in [0.15, 0.2) is 5.01 Å². The van der Waals surface area contributed by atoms with E-state index in [0.29, 0.717) is 16.7 Å². The van der Waals surface area contributed by atoms with Gasteiger partial charge in [0.05, 0.1) is 12.5 Å². The molecule has 7 nitrogen and oxygen atoms in total. The molecule has 0 aliphatic carbocycles. The lowest BCUT2D eigenvalue weighted by Gasteiger charge is -2.02. The van der Waals surface area contributed by atoms with Crippen molar-refractivity contribution in [2.75, 3.05) is 5.32 Å². The van der Waals surface area contributed by atoms with Gasteiger partial charge in [0.2, 0.25) is 5.13 Å². The van der Waals surface area contributed by atoms with Crippen molar-refractivity contribution in [3.8, 4) is 10.7 Å². The summed E-state index contributed by atoms with van der Waals surface area (Å²) in [4.78, 5) is 15.9. The van der Waals surface area contributed by atoms with Crippen molar-refractivity contribution in [3.05, 3.63) is 48.6 Å². The summed E-state index contributed by atoms with van der Waals surface area (Å²) in [5.41, 5.74) is 1.61. The molecule has 0 aromatic carbocycles. The number of nitrogens with zero attached hydrogens (tertiary/aromatic N) is 3. The monoisotopic (exact) mass is 301 g/mol. The van der Waals surface area contributed by atoms with E-state index in [9.17, 15) is 4.79 Å². The van der Waals surface area contributed by atoms with Crippen LogP contribution in [-0.2, 0) is 6.54 Å². The first-order valence-electron chi connectivity index (χ1n) is 6.12. The largest absolute Gasteiger partial charge is 0.472 e. The van der Waals surface area contributed by atoms with E-state index in [1.54, 1.807) is 24.8 Å². The number of carbonyl (C=O) groups is 1. The lowest BCUT2D eigenvalue weighted by atomic mass is 10.3. The molecule has 2 amide bonds. The number of carbonyl (C=O) groups excluding carboxylic acids is 1. The molecule has 3 heterocycles. The van der Waals surface area contributed by atoms with Gasteiger partial charge < -0.3 is 9.73 Å². The molecule has 0 spiro atoms. The number of urea groups is 1. The standard InChI is InChI=1S/C13H11N5O2S/c19-12(15-7-9-4-6-20-8-9)16-13-18-17-11(21-13)10-3-1-2-5-14-10/h1-6,8H,7H2,(H2,15,16,18,19). The average molecular weight is 301 g/mol. The van der Waals surface area contributed by atoms with Crippen LogP contribution in [0.2, 0.25) is 0 Å². The van der Waals surface area contributed by atoms with Gasteiger partial charge in [-0.05, 0) is 18.2 Å². The maximum atomic E-state index is 11.7. The van der Waals surface area contributed by atoms with E-state index in [1.807, 2.05) is 18.2 Å². The molecule has 0 aliphatic heterocycles. The summed E-state index contributed by atoms with van der Waals surface area (Å²) in [5, 5.41) is 14.3. The van der Waals surface area contributed by atoms with Crippen LogP contribution in [-0.4, -0.2) is 21.2 Å². The Morgan fingerprint density at radius 3 is 3.00 bits per heavy atom. The Morgan fingerprint density at radius 2 is 2.24 bits per heavy atom. The Bertz CT molecular complexity index is 711. The molecule has 106 valence electrons. The summed E-state index contributed by atoms with van der Waals surface area (Å²) in [6, 6.07) is 6.97. The number of anilines is 1. The first kappa shape index (κ1) is 13.3. The van der Waals surface area contributed by atoms with E-state index in [1.165, 1.54) is 11.3 Å². The van der Waals surface area contributed by atoms with Gasteiger partial charge in [0, 0.05) is 18.3 Å². The third-order valence-electron chi connectivity index (χ3n) is 2.56. The normalized spacial score (nSPS) is 10.3. The van der Waals surface area contributed by atoms with E-state index < -0.39 is 0 Å². The van der Waals surface area contributed by atoms with E-state index in [-0.39, 0.29) is 6.03 Å². The molecule has 0 unspecified atom stereocenters. The highest BCUT2D eigenvalue weighted by molar-refractivity contribution is 7.18. The van der Waals surface area contributed by atoms with Gasteiger partial charge in [-0.25, -0.2) is 4.79 Å². The van der Waals surface area contributed by atoms with Crippen molar-refractivity contribution in [2.24, 2.45) is 0 Å². The van der Waals surface area contributed by atoms with Gasteiger partial charge in [-0.15, -0.1) is 10.2 Å².